The summed E-state index contributed by atoms with van der Waals surface area (Å²) in [6.45, 7) is 4.76. The van der Waals surface area contributed by atoms with Crippen LogP contribution in [0.1, 0.15) is 25.0 Å². The van der Waals surface area contributed by atoms with Gasteiger partial charge in [0, 0.05) is 5.41 Å². The Hall–Kier alpha value is -6.76. The molecular weight excluding hydrogens is 661 g/mol. The van der Waals surface area contributed by atoms with Crippen molar-refractivity contribution in [3.8, 4) is 55.6 Å². The van der Waals surface area contributed by atoms with Crippen molar-refractivity contribution in [1.29, 1.82) is 0 Å². The van der Waals surface area contributed by atoms with E-state index in [0.29, 0.717) is 0 Å². The van der Waals surface area contributed by atoms with Gasteiger partial charge in [-0.15, -0.1) is 0 Å². The van der Waals surface area contributed by atoms with E-state index in [4.69, 9.17) is 0 Å². The van der Waals surface area contributed by atoms with Crippen LogP contribution in [0.2, 0.25) is 0 Å². The maximum atomic E-state index is 2.45. The van der Waals surface area contributed by atoms with Crippen LogP contribution in [0, 0.1) is 0 Å². The van der Waals surface area contributed by atoms with E-state index in [0.717, 1.165) is 0 Å². The normalized spacial score (nSPS) is 13.1. The first kappa shape index (κ1) is 31.7. The van der Waals surface area contributed by atoms with Crippen molar-refractivity contribution >= 4 is 43.1 Å². The predicted octanol–water partition coefficient (Wildman–Crippen LogP) is 15.3. The SMILES string of the molecule is CC1(C)c2cc(-c3cccc(-c4c5ccccc5c(-c5ccccc5-c5ccccc5)c5ccc6ccccc6c45)c3)ccc2-c2cc3ccccc3cc21. The molecule has 0 saturated heterocycles. The van der Waals surface area contributed by atoms with E-state index >= 15 is 0 Å². The van der Waals surface area contributed by atoms with Gasteiger partial charge >= 0.3 is 0 Å². The average molecular weight is 699 g/mol. The van der Waals surface area contributed by atoms with Gasteiger partial charge in [0.2, 0.25) is 0 Å². The van der Waals surface area contributed by atoms with Crippen LogP contribution >= 0.6 is 0 Å². The van der Waals surface area contributed by atoms with Crippen LogP contribution in [0.3, 0.4) is 0 Å². The summed E-state index contributed by atoms with van der Waals surface area (Å²) in [5.41, 5.74) is 15.4. The molecular formula is C55H38. The van der Waals surface area contributed by atoms with E-state index in [1.807, 2.05) is 0 Å². The van der Waals surface area contributed by atoms with Gasteiger partial charge in [-0.25, -0.2) is 0 Å². The highest BCUT2D eigenvalue weighted by Gasteiger charge is 2.36. The molecule has 0 unspecified atom stereocenters. The van der Waals surface area contributed by atoms with Crippen LogP contribution in [0.4, 0.5) is 0 Å². The van der Waals surface area contributed by atoms with Crippen LogP contribution in [0.5, 0.6) is 0 Å². The molecule has 0 saturated carbocycles. The molecule has 0 bridgehead atoms. The number of rotatable bonds is 4. The zero-order valence-corrected chi connectivity index (χ0v) is 31.0. The average Bonchev–Trinajstić information content (AvgIpc) is 3.46. The summed E-state index contributed by atoms with van der Waals surface area (Å²) in [6, 6.07) is 72.2. The standard InChI is InChI=1S/C55H38/c1-55(2)50-34-40(28-29-44(50)49-32-38-18-6-7-19-39(38)33-51(49)55)37-20-14-21-41(31-37)52-46-25-12-13-26-47(46)53(48-30-27-36-17-8-9-23-43(36)54(48)52)45-24-11-10-22-42(45)35-15-4-3-5-16-35/h3-34H,1-2H3. The second-order valence-electron chi connectivity index (χ2n) is 15.6. The van der Waals surface area contributed by atoms with E-state index < -0.39 is 0 Å². The molecule has 10 aromatic carbocycles. The number of hydrogen-bond acceptors (Lipinski definition) is 0. The summed E-state index contributed by atoms with van der Waals surface area (Å²) >= 11 is 0. The molecule has 0 heteroatoms. The third kappa shape index (κ3) is 4.85. The summed E-state index contributed by atoms with van der Waals surface area (Å²) in [5, 5.41) is 10.2. The van der Waals surface area contributed by atoms with Crippen LogP contribution in [-0.2, 0) is 5.41 Å². The first-order chi connectivity index (χ1) is 27.0. The molecule has 258 valence electrons. The molecule has 0 heterocycles. The molecule has 11 rings (SSSR count). The summed E-state index contributed by atoms with van der Waals surface area (Å²) in [7, 11) is 0. The van der Waals surface area contributed by atoms with Gasteiger partial charge in [0.15, 0.2) is 0 Å². The number of benzene rings is 10. The van der Waals surface area contributed by atoms with Gasteiger partial charge in [-0.1, -0.05) is 184 Å². The fourth-order valence-electron chi connectivity index (χ4n) is 9.56. The third-order valence-corrected chi connectivity index (χ3v) is 12.2. The molecule has 0 radical (unpaired) electrons. The quantitative estimate of drug-likeness (QED) is 0.127. The fraction of sp³-hybridized carbons (Fsp3) is 0.0545. The molecule has 1 aliphatic carbocycles. The minimum absolute atomic E-state index is 0.0977. The summed E-state index contributed by atoms with van der Waals surface area (Å²) < 4.78 is 0. The van der Waals surface area contributed by atoms with Gasteiger partial charge in [0.25, 0.3) is 0 Å². The predicted molar refractivity (Wildman–Crippen MR) is 236 cm³/mol. The molecule has 0 spiro atoms. The van der Waals surface area contributed by atoms with Crippen molar-refractivity contribution in [3.63, 3.8) is 0 Å². The molecule has 0 aromatic heterocycles. The van der Waals surface area contributed by atoms with Crippen LogP contribution in [0.25, 0.3) is 98.7 Å². The maximum absolute atomic E-state index is 2.45. The van der Waals surface area contributed by atoms with Crippen molar-refractivity contribution in [2.24, 2.45) is 0 Å². The van der Waals surface area contributed by atoms with Crippen LogP contribution in [0.15, 0.2) is 194 Å². The summed E-state index contributed by atoms with van der Waals surface area (Å²) in [4.78, 5) is 0. The minimum Gasteiger partial charge on any atom is -0.0622 e. The second-order valence-corrected chi connectivity index (χ2v) is 15.6. The summed E-state index contributed by atoms with van der Waals surface area (Å²) in [5.74, 6) is 0. The van der Waals surface area contributed by atoms with Crippen molar-refractivity contribution in [1.82, 2.24) is 0 Å². The van der Waals surface area contributed by atoms with Crippen LogP contribution in [-0.4, -0.2) is 0 Å². The van der Waals surface area contributed by atoms with E-state index in [2.05, 4.69) is 208 Å². The third-order valence-electron chi connectivity index (χ3n) is 12.2. The lowest BCUT2D eigenvalue weighted by atomic mass is 9.80. The lowest BCUT2D eigenvalue weighted by Crippen LogP contribution is -2.15. The molecule has 10 aromatic rings. The zero-order chi connectivity index (χ0) is 36.7. The Balaban J connectivity index is 1.15. The Kier molecular flexibility index (Phi) is 7.00. The van der Waals surface area contributed by atoms with Gasteiger partial charge < -0.3 is 0 Å². The fourth-order valence-corrected chi connectivity index (χ4v) is 9.56. The highest BCUT2D eigenvalue weighted by atomic mass is 14.4. The molecule has 0 nitrogen and oxygen atoms in total. The molecule has 0 atom stereocenters. The minimum atomic E-state index is -0.0977. The Morgan fingerprint density at radius 1 is 0.291 bits per heavy atom. The monoisotopic (exact) mass is 698 g/mol. The van der Waals surface area contributed by atoms with Crippen molar-refractivity contribution in [3.05, 3.63) is 205 Å². The molecule has 0 amide bonds. The van der Waals surface area contributed by atoms with Gasteiger partial charge in [-0.05, 0) is 134 Å². The maximum Gasteiger partial charge on any atom is 0.0159 e. The van der Waals surface area contributed by atoms with Gasteiger partial charge in [0.05, 0.1) is 0 Å². The molecule has 0 aliphatic heterocycles. The number of fused-ring (bicyclic) bond motifs is 8. The van der Waals surface area contributed by atoms with E-state index in [1.54, 1.807) is 0 Å². The highest BCUT2D eigenvalue weighted by Crippen LogP contribution is 2.52. The highest BCUT2D eigenvalue weighted by molar-refractivity contribution is 6.28. The Bertz CT molecular complexity index is 3160. The molecule has 0 fully saturated rings. The molecule has 0 N–H and O–H groups in total. The lowest BCUT2D eigenvalue weighted by Gasteiger charge is -2.23. The van der Waals surface area contributed by atoms with Crippen molar-refractivity contribution < 1.29 is 0 Å². The van der Waals surface area contributed by atoms with E-state index in [9.17, 15) is 0 Å². The van der Waals surface area contributed by atoms with Crippen LogP contribution < -0.4 is 0 Å². The zero-order valence-electron chi connectivity index (χ0n) is 31.0. The van der Waals surface area contributed by atoms with Gasteiger partial charge in [-0.2, -0.15) is 0 Å². The molecule has 1 aliphatic rings. The topological polar surface area (TPSA) is 0 Å². The Morgan fingerprint density at radius 2 is 0.873 bits per heavy atom. The lowest BCUT2D eigenvalue weighted by molar-refractivity contribution is 0.661. The Morgan fingerprint density at radius 3 is 1.67 bits per heavy atom. The first-order valence-corrected chi connectivity index (χ1v) is 19.3. The number of hydrogen-bond donors (Lipinski definition) is 0. The van der Waals surface area contributed by atoms with E-state index in [-0.39, 0.29) is 5.41 Å². The Labute approximate surface area is 322 Å². The molecule has 55 heavy (non-hydrogen) atoms. The van der Waals surface area contributed by atoms with Crippen molar-refractivity contribution in [2.75, 3.05) is 0 Å². The first-order valence-electron chi connectivity index (χ1n) is 19.3. The van der Waals surface area contributed by atoms with Crippen molar-refractivity contribution in [2.45, 2.75) is 19.3 Å². The van der Waals surface area contributed by atoms with Gasteiger partial charge in [-0.3, -0.25) is 0 Å². The second kappa shape index (κ2) is 12.1. The smallest absolute Gasteiger partial charge is 0.0159 e. The van der Waals surface area contributed by atoms with Gasteiger partial charge in [0.1, 0.15) is 0 Å². The summed E-state index contributed by atoms with van der Waals surface area (Å²) in [6.07, 6.45) is 0. The van der Waals surface area contributed by atoms with E-state index in [1.165, 1.54) is 110 Å². The largest absolute Gasteiger partial charge is 0.0622 e.